The van der Waals surface area contributed by atoms with Gasteiger partial charge >= 0.3 is 0 Å². The van der Waals surface area contributed by atoms with Gasteiger partial charge in [0, 0.05) is 5.56 Å². The Labute approximate surface area is 170 Å². The van der Waals surface area contributed by atoms with Gasteiger partial charge in [0.15, 0.2) is 0 Å². The summed E-state index contributed by atoms with van der Waals surface area (Å²) < 4.78 is 5.71. The number of thioether (sulfide) groups is 1. The third-order valence-electron chi connectivity index (χ3n) is 4.61. The fourth-order valence-electron chi connectivity index (χ4n) is 3.01. The Balaban J connectivity index is 1.57. The Morgan fingerprint density at radius 2 is 1.75 bits per heavy atom. The number of nitrogens with one attached hydrogen (secondary N) is 1. The molecular weight excluding hydrogens is 370 g/mol. The van der Waals surface area contributed by atoms with Gasteiger partial charge in [0.2, 0.25) is 11.8 Å². The van der Waals surface area contributed by atoms with Gasteiger partial charge in [0.05, 0.1) is 11.8 Å². The van der Waals surface area contributed by atoms with Crippen LogP contribution >= 0.6 is 11.8 Å². The average molecular weight is 396 g/mol. The fraction of sp³-hybridized carbons (Fsp3) is 0.318. The number of hydrogen-bond acceptors (Lipinski definition) is 5. The first-order valence-corrected chi connectivity index (χ1v) is 10.2. The molecule has 28 heavy (non-hydrogen) atoms. The van der Waals surface area contributed by atoms with Crippen molar-refractivity contribution in [2.75, 3.05) is 5.75 Å². The smallest absolute Gasteiger partial charge is 0.277 e. The summed E-state index contributed by atoms with van der Waals surface area (Å²) in [5.74, 6) is 0.629. The Hall–Kier alpha value is -2.60. The largest absolute Gasteiger partial charge is 0.411 e. The minimum atomic E-state index is -0.0677. The van der Waals surface area contributed by atoms with Crippen LogP contribution in [0, 0.1) is 27.7 Å². The van der Waals surface area contributed by atoms with Gasteiger partial charge in [0.25, 0.3) is 5.22 Å². The summed E-state index contributed by atoms with van der Waals surface area (Å²) in [6.45, 7) is 10.2. The molecule has 0 aliphatic carbocycles. The highest BCUT2D eigenvalue weighted by molar-refractivity contribution is 7.99. The summed E-state index contributed by atoms with van der Waals surface area (Å²) in [4.78, 5) is 12.3. The molecule has 2 aromatic carbocycles. The summed E-state index contributed by atoms with van der Waals surface area (Å²) in [5, 5.41) is 11.6. The van der Waals surface area contributed by atoms with Gasteiger partial charge in [-0.2, -0.15) is 0 Å². The lowest BCUT2D eigenvalue weighted by Gasteiger charge is -2.15. The SMILES string of the molecule is Cc1cc(C)cc(-c2nnc(SCC(=O)N[C@H](C)c3ccc(C)c(C)c3)o2)c1. The van der Waals surface area contributed by atoms with E-state index < -0.39 is 0 Å². The Bertz CT molecular complexity index is 977. The molecule has 1 atom stereocenters. The molecule has 0 saturated carbocycles. The molecule has 0 unspecified atom stereocenters. The summed E-state index contributed by atoms with van der Waals surface area (Å²) in [7, 11) is 0. The number of hydrogen-bond donors (Lipinski definition) is 1. The van der Waals surface area contributed by atoms with Gasteiger partial charge < -0.3 is 9.73 Å². The van der Waals surface area contributed by atoms with Crippen molar-refractivity contribution in [3.05, 3.63) is 64.2 Å². The van der Waals surface area contributed by atoms with E-state index in [1.807, 2.05) is 32.9 Å². The molecular formula is C22H25N3O2S. The van der Waals surface area contributed by atoms with Gasteiger partial charge in [-0.3, -0.25) is 4.79 Å². The molecule has 1 aromatic heterocycles. The molecule has 1 amide bonds. The Morgan fingerprint density at radius 1 is 1.04 bits per heavy atom. The second kappa shape index (κ2) is 8.61. The number of carbonyl (C=O) groups is 1. The fourth-order valence-corrected chi connectivity index (χ4v) is 3.58. The normalized spacial score (nSPS) is 12.0. The number of amides is 1. The molecule has 0 fully saturated rings. The lowest BCUT2D eigenvalue weighted by atomic mass is 10.0. The Morgan fingerprint density at radius 3 is 2.43 bits per heavy atom. The van der Waals surface area contributed by atoms with Crippen LogP contribution in [0.2, 0.25) is 0 Å². The van der Waals surface area contributed by atoms with Gasteiger partial charge in [-0.25, -0.2) is 0 Å². The molecule has 3 rings (SSSR count). The van der Waals surface area contributed by atoms with E-state index in [1.165, 1.54) is 22.9 Å². The van der Waals surface area contributed by atoms with Crippen LogP contribution < -0.4 is 5.32 Å². The van der Waals surface area contributed by atoms with Crippen LogP contribution in [0.1, 0.15) is 40.8 Å². The molecule has 3 aromatic rings. The van der Waals surface area contributed by atoms with Crippen LogP contribution in [0.4, 0.5) is 0 Å². The predicted molar refractivity (Wildman–Crippen MR) is 112 cm³/mol. The second-order valence-corrected chi connectivity index (χ2v) is 8.10. The molecule has 0 radical (unpaired) electrons. The predicted octanol–water partition coefficient (Wildman–Crippen LogP) is 4.94. The summed E-state index contributed by atoms with van der Waals surface area (Å²) in [6, 6.07) is 12.3. The molecule has 1 N–H and O–H groups in total. The zero-order valence-electron chi connectivity index (χ0n) is 16.9. The number of aryl methyl sites for hydroxylation is 4. The molecule has 146 valence electrons. The Kier molecular flexibility index (Phi) is 6.19. The first kappa shape index (κ1) is 20.1. The van der Waals surface area contributed by atoms with Crippen LogP contribution in [0.3, 0.4) is 0 Å². The van der Waals surface area contributed by atoms with Gasteiger partial charge in [-0.1, -0.05) is 47.2 Å². The van der Waals surface area contributed by atoms with Crippen LogP contribution in [0.25, 0.3) is 11.5 Å². The monoisotopic (exact) mass is 395 g/mol. The highest BCUT2D eigenvalue weighted by atomic mass is 32.2. The lowest BCUT2D eigenvalue weighted by molar-refractivity contribution is -0.119. The van der Waals surface area contributed by atoms with Crippen molar-refractivity contribution in [1.82, 2.24) is 15.5 Å². The number of nitrogens with zero attached hydrogens (tertiary/aromatic N) is 2. The van der Waals surface area contributed by atoms with E-state index in [0.717, 1.165) is 22.3 Å². The van der Waals surface area contributed by atoms with Crippen molar-refractivity contribution in [3.63, 3.8) is 0 Å². The van der Waals surface area contributed by atoms with Crippen molar-refractivity contribution < 1.29 is 9.21 Å². The minimum Gasteiger partial charge on any atom is -0.411 e. The van der Waals surface area contributed by atoms with Gasteiger partial charge in [0.1, 0.15) is 0 Å². The highest BCUT2D eigenvalue weighted by Gasteiger charge is 2.14. The highest BCUT2D eigenvalue weighted by Crippen LogP contribution is 2.25. The number of rotatable bonds is 6. The minimum absolute atomic E-state index is 0.0547. The average Bonchev–Trinajstić information content (AvgIpc) is 3.10. The van der Waals surface area contributed by atoms with E-state index in [1.54, 1.807) is 0 Å². The molecule has 0 bridgehead atoms. The third kappa shape index (κ3) is 5.01. The van der Waals surface area contributed by atoms with Crippen molar-refractivity contribution in [2.45, 2.75) is 45.9 Å². The van der Waals surface area contributed by atoms with Crippen LogP contribution in [0.15, 0.2) is 46.0 Å². The molecule has 0 saturated heterocycles. The van der Waals surface area contributed by atoms with Crippen molar-refractivity contribution in [1.29, 1.82) is 0 Å². The standard InChI is InChI=1S/C22H25N3O2S/c1-13-8-14(2)10-19(9-13)21-24-25-22(27-21)28-12-20(26)23-17(5)18-7-6-15(3)16(4)11-18/h6-11,17H,12H2,1-5H3,(H,23,26)/t17-/m1/s1. The quantitative estimate of drug-likeness (QED) is 0.599. The zero-order valence-corrected chi connectivity index (χ0v) is 17.7. The maximum atomic E-state index is 12.3. The topological polar surface area (TPSA) is 68.0 Å². The molecule has 0 aliphatic rings. The van der Waals surface area contributed by atoms with E-state index in [-0.39, 0.29) is 17.7 Å². The number of carbonyl (C=O) groups excluding carboxylic acids is 1. The first-order chi connectivity index (χ1) is 13.3. The van der Waals surface area contributed by atoms with Crippen molar-refractivity contribution in [3.8, 4) is 11.5 Å². The zero-order chi connectivity index (χ0) is 20.3. The van der Waals surface area contributed by atoms with Crippen molar-refractivity contribution in [2.24, 2.45) is 0 Å². The first-order valence-electron chi connectivity index (χ1n) is 9.23. The van der Waals surface area contributed by atoms with E-state index in [4.69, 9.17) is 4.42 Å². The summed E-state index contributed by atoms with van der Waals surface area (Å²) in [5.41, 5.74) is 6.73. The molecule has 1 heterocycles. The number of aromatic nitrogens is 2. The second-order valence-electron chi connectivity index (χ2n) is 7.17. The van der Waals surface area contributed by atoms with E-state index in [0.29, 0.717) is 11.1 Å². The lowest BCUT2D eigenvalue weighted by Crippen LogP contribution is -2.28. The molecule has 0 spiro atoms. The maximum Gasteiger partial charge on any atom is 0.277 e. The molecule has 0 aliphatic heterocycles. The maximum absolute atomic E-state index is 12.3. The number of benzene rings is 2. The molecule has 6 heteroatoms. The molecule has 5 nitrogen and oxygen atoms in total. The van der Waals surface area contributed by atoms with E-state index in [2.05, 4.69) is 53.6 Å². The summed E-state index contributed by atoms with van der Waals surface area (Å²) >= 11 is 1.24. The van der Waals surface area contributed by atoms with Crippen LogP contribution in [0.5, 0.6) is 0 Å². The third-order valence-corrected chi connectivity index (χ3v) is 5.43. The van der Waals surface area contributed by atoms with Crippen LogP contribution in [-0.4, -0.2) is 21.9 Å². The van der Waals surface area contributed by atoms with E-state index >= 15 is 0 Å². The van der Waals surface area contributed by atoms with Gasteiger partial charge in [-0.15, -0.1) is 10.2 Å². The van der Waals surface area contributed by atoms with Crippen LogP contribution in [-0.2, 0) is 4.79 Å². The van der Waals surface area contributed by atoms with Crippen molar-refractivity contribution >= 4 is 17.7 Å². The summed E-state index contributed by atoms with van der Waals surface area (Å²) in [6.07, 6.45) is 0. The van der Waals surface area contributed by atoms with Gasteiger partial charge in [-0.05, 0) is 63.4 Å². The van der Waals surface area contributed by atoms with E-state index in [9.17, 15) is 4.79 Å².